The molecule has 1 fully saturated rings. The molecule has 33 heavy (non-hydrogen) atoms. The number of ether oxygens (including phenoxy) is 2. The first-order valence-electron chi connectivity index (χ1n) is 10.8. The van der Waals surface area contributed by atoms with Crippen molar-refractivity contribution in [3.05, 3.63) is 42.1 Å². The lowest BCUT2D eigenvalue weighted by Crippen LogP contribution is -2.39. The van der Waals surface area contributed by atoms with Crippen LogP contribution in [0.15, 0.2) is 41.5 Å². The van der Waals surface area contributed by atoms with Crippen molar-refractivity contribution in [3.8, 4) is 11.5 Å². The highest BCUT2D eigenvalue weighted by atomic mass is 127. The van der Waals surface area contributed by atoms with Crippen molar-refractivity contribution in [3.63, 3.8) is 0 Å². The fourth-order valence-corrected chi connectivity index (χ4v) is 3.74. The summed E-state index contributed by atoms with van der Waals surface area (Å²) < 4.78 is 11.0. The zero-order chi connectivity index (χ0) is 22.9. The van der Waals surface area contributed by atoms with Crippen LogP contribution in [-0.4, -0.2) is 50.7 Å². The van der Waals surface area contributed by atoms with Gasteiger partial charge in [-0.2, -0.15) is 0 Å². The van der Waals surface area contributed by atoms with Crippen molar-refractivity contribution in [2.24, 2.45) is 16.6 Å². The van der Waals surface area contributed by atoms with Crippen molar-refractivity contribution >= 4 is 47.3 Å². The second-order valence-corrected chi connectivity index (χ2v) is 7.50. The highest BCUT2D eigenvalue weighted by molar-refractivity contribution is 14.0. The Morgan fingerprint density at radius 3 is 2.67 bits per heavy atom. The minimum atomic E-state index is -0.214. The maximum Gasteiger partial charge on any atom is 0.220 e. The number of primary amides is 1. The molecule has 1 aromatic carbocycles. The predicted octanol–water partition coefficient (Wildman–Crippen LogP) is 3.00. The number of hydrogen-bond acceptors (Lipinski definition) is 6. The van der Waals surface area contributed by atoms with Crippen molar-refractivity contribution in [1.29, 1.82) is 0 Å². The number of nitrogens with zero attached hydrogens (tertiary/aromatic N) is 3. The largest absolute Gasteiger partial charge is 0.493 e. The van der Waals surface area contributed by atoms with E-state index in [2.05, 4.69) is 25.5 Å². The first kappa shape index (κ1) is 26.5. The van der Waals surface area contributed by atoms with Crippen LogP contribution in [0, 0.1) is 5.92 Å². The standard InChI is InChI=1S/C23H32N6O3.HI/c1-4-32-19-8-7-18(14-20(19)31-3)28-23(25-2)27-15-17-6-5-11-26-22(17)29-12-9-16(10-13-29)21(24)30;/h5-8,11,14,16H,4,9-10,12-13,15H2,1-3H3,(H2,24,30)(H2,25,27,28);1H. The Bertz CT molecular complexity index is 948. The van der Waals surface area contributed by atoms with E-state index in [9.17, 15) is 4.79 Å². The average Bonchev–Trinajstić information content (AvgIpc) is 2.83. The molecular formula is C23H33IN6O3. The summed E-state index contributed by atoms with van der Waals surface area (Å²) in [6.07, 6.45) is 3.29. The lowest BCUT2D eigenvalue weighted by Gasteiger charge is -2.32. The van der Waals surface area contributed by atoms with E-state index >= 15 is 0 Å². The molecule has 0 radical (unpaired) electrons. The van der Waals surface area contributed by atoms with Crippen LogP contribution in [0.5, 0.6) is 11.5 Å². The molecule has 1 aliphatic heterocycles. The summed E-state index contributed by atoms with van der Waals surface area (Å²) in [4.78, 5) is 22.6. The summed E-state index contributed by atoms with van der Waals surface area (Å²) >= 11 is 0. The van der Waals surface area contributed by atoms with Crippen LogP contribution in [0.25, 0.3) is 0 Å². The van der Waals surface area contributed by atoms with Crippen molar-refractivity contribution in [2.75, 3.05) is 44.1 Å². The molecule has 0 unspecified atom stereocenters. The van der Waals surface area contributed by atoms with Crippen LogP contribution in [-0.2, 0) is 11.3 Å². The van der Waals surface area contributed by atoms with Gasteiger partial charge in [-0.3, -0.25) is 9.79 Å². The molecule has 0 saturated carbocycles. The number of methoxy groups -OCH3 is 1. The zero-order valence-corrected chi connectivity index (χ0v) is 21.7. The molecule has 180 valence electrons. The number of carbonyl (C=O) groups excluding carboxylic acids is 1. The molecule has 3 rings (SSSR count). The SMILES string of the molecule is CCOc1ccc(NC(=NC)NCc2cccnc2N2CCC(C(N)=O)CC2)cc1OC.I. The quantitative estimate of drug-likeness (QED) is 0.255. The summed E-state index contributed by atoms with van der Waals surface area (Å²) in [5, 5.41) is 6.62. The molecule has 1 amide bonds. The Morgan fingerprint density at radius 2 is 2.03 bits per heavy atom. The zero-order valence-electron chi connectivity index (χ0n) is 19.3. The lowest BCUT2D eigenvalue weighted by atomic mass is 9.96. The summed E-state index contributed by atoms with van der Waals surface area (Å²) in [6.45, 7) is 4.57. The topological polar surface area (TPSA) is 114 Å². The molecule has 0 aliphatic carbocycles. The molecule has 0 spiro atoms. The number of anilines is 2. The molecule has 10 heteroatoms. The monoisotopic (exact) mass is 568 g/mol. The maximum atomic E-state index is 11.5. The Hall–Kier alpha value is -2.76. The molecule has 0 atom stereocenters. The first-order chi connectivity index (χ1) is 15.5. The van der Waals surface area contributed by atoms with Gasteiger partial charge in [-0.1, -0.05) is 6.07 Å². The minimum Gasteiger partial charge on any atom is -0.493 e. The van der Waals surface area contributed by atoms with Crippen LogP contribution < -0.4 is 30.7 Å². The number of aliphatic imine (C=N–C) groups is 1. The van der Waals surface area contributed by atoms with Gasteiger partial charge in [-0.05, 0) is 38.0 Å². The van der Waals surface area contributed by atoms with Crippen LogP contribution in [0.2, 0.25) is 0 Å². The summed E-state index contributed by atoms with van der Waals surface area (Å²) in [6, 6.07) is 9.62. The van der Waals surface area contributed by atoms with Crippen molar-refractivity contribution < 1.29 is 14.3 Å². The van der Waals surface area contributed by atoms with E-state index in [1.165, 1.54) is 0 Å². The van der Waals surface area contributed by atoms with Crippen LogP contribution >= 0.6 is 24.0 Å². The summed E-state index contributed by atoms with van der Waals surface area (Å²) in [5.74, 6) is 2.63. The number of rotatable bonds is 8. The third-order valence-electron chi connectivity index (χ3n) is 5.46. The lowest BCUT2D eigenvalue weighted by molar-refractivity contribution is -0.122. The summed E-state index contributed by atoms with van der Waals surface area (Å²) in [7, 11) is 3.34. The van der Waals surface area contributed by atoms with E-state index < -0.39 is 0 Å². The summed E-state index contributed by atoms with van der Waals surface area (Å²) in [5.41, 5.74) is 7.35. The van der Waals surface area contributed by atoms with Gasteiger partial charge in [-0.15, -0.1) is 24.0 Å². The average molecular weight is 568 g/mol. The number of aromatic nitrogens is 1. The van der Waals surface area contributed by atoms with Crippen molar-refractivity contribution in [2.45, 2.75) is 26.3 Å². The van der Waals surface area contributed by atoms with Gasteiger partial charge >= 0.3 is 0 Å². The normalized spacial score (nSPS) is 14.3. The van der Waals surface area contributed by atoms with Gasteiger partial charge in [0.05, 0.1) is 13.7 Å². The van der Waals surface area contributed by atoms with Gasteiger partial charge in [0.1, 0.15) is 5.82 Å². The van der Waals surface area contributed by atoms with E-state index in [0.29, 0.717) is 30.6 Å². The Labute approximate surface area is 212 Å². The molecule has 4 N–H and O–H groups in total. The molecule has 1 aromatic heterocycles. The smallest absolute Gasteiger partial charge is 0.220 e. The number of hydrogen-bond donors (Lipinski definition) is 3. The van der Waals surface area contributed by atoms with Crippen molar-refractivity contribution in [1.82, 2.24) is 10.3 Å². The molecule has 2 heterocycles. The maximum absolute atomic E-state index is 11.5. The number of benzene rings is 1. The Kier molecular flexibility index (Phi) is 10.5. The van der Waals surface area contributed by atoms with E-state index in [1.54, 1.807) is 20.4 Å². The van der Waals surface area contributed by atoms with Gasteiger partial charge in [-0.25, -0.2) is 4.98 Å². The molecule has 1 saturated heterocycles. The number of nitrogens with two attached hydrogens (primary N) is 1. The van der Waals surface area contributed by atoms with E-state index in [1.807, 2.05) is 37.3 Å². The molecular weight excluding hydrogens is 535 g/mol. The van der Waals surface area contributed by atoms with E-state index in [0.717, 1.165) is 43.0 Å². The Morgan fingerprint density at radius 1 is 1.27 bits per heavy atom. The molecule has 1 aliphatic rings. The minimum absolute atomic E-state index is 0. The highest BCUT2D eigenvalue weighted by Gasteiger charge is 2.25. The highest BCUT2D eigenvalue weighted by Crippen LogP contribution is 2.30. The van der Waals surface area contributed by atoms with Gasteiger partial charge in [0.2, 0.25) is 5.91 Å². The van der Waals surface area contributed by atoms with Crippen LogP contribution in [0.4, 0.5) is 11.5 Å². The second-order valence-electron chi connectivity index (χ2n) is 7.50. The Balaban J connectivity index is 0.00000385. The van der Waals surface area contributed by atoms with Gasteiger partial charge < -0.3 is 30.7 Å². The number of pyridine rings is 1. The fraction of sp³-hybridized carbons (Fsp3) is 0.435. The number of guanidine groups is 1. The third kappa shape index (κ3) is 7.11. The number of carbonyl (C=O) groups is 1. The number of amides is 1. The van der Waals surface area contributed by atoms with Crippen LogP contribution in [0.1, 0.15) is 25.3 Å². The van der Waals surface area contributed by atoms with Gasteiger partial charge in [0, 0.05) is 56.1 Å². The van der Waals surface area contributed by atoms with Gasteiger partial charge in [0.25, 0.3) is 0 Å². The fourth-order valence-electron chi connectivity index (χ4n) is 3.74. The number of halogens is 1. The molecule has 0 bridgehead atoms. The van der Waals surface area contributed by atoms with Crippen LogP contribution in [0.3, 0.4) is 0 Å². The predicted molar refractivity (Wildman–Crippen MR) is 142 cm³/mol. The van der Waals surface area contributed by atoms with Gasteiger partial charge in [0.15, 0.2) is 17.5 Å². The molecule has 2 aromatic rings. The third-order valence-corrected chi connectivity index (χ3v) is 5.46. The van der Waals surface area contributed by atoms with E-state index in [-0.39, 0.29) is 35.8 Å². The second kappa shape index (κ2) is 13.1. The number of nitrogens with one attached hydrogen (secondary N) is 2. The molecule has 9 nitrogen and oxygen atoms in total. The van der Waals surface area contributed by atoms with E-state index in [4.69, 9.17) is 15.2 Å². The first-order valence-corrected chi connectivity index (χ1v) is 10.8. The number of piperidine rings is 1.